The number of H-pyrrole nitrogens is 1. The second-order valence-electron chi connectivity index (χ2n) is 10.0. The van der Waals surface area contributed by atoms with Crippen LogP contribution in [-0.4, -0.2) is 39.1 Å². The van der Waals surface area contributed by atoms with Gasteiger partial charge < -0.3 is 4.90 Å². The van der Waals surface area contributed by atoms with Crippen molar-refractivity contribution in [2.24, 2.45) is 0 Å². The lowest BCUT2D eigenvalue weighted by atomic mass is 9.88. The standard InChI is InChI=1S/C29H33N5O/c1-3-21-16-19(2)25(17-26(21)28-31-27(32-33-28)24-6-4-5-7-24)29(35)34-14-12-23(13-15-34)22-10-8-20(18-30)9-11-22/h8-11,16-17,23-24H,3-7,12-15H2,1-2H3,(H,31,32,33). The maximum absolute atomic E-state index is 13.6. The number of amides is 1. The van der Waals surface area contributed by atoms with Crippen molar-refractivity contribution in [2.45, 2.75) is 70.6 Å². The van der Waals surface area contributed by atoms with Crippen molar-refractivity contribution in [3.63, 3.8) is 0 Å². The van der Waals surface area contributed by atoms with Gasteiger partial charge in [-0.2, -0.15) is 10.4 Å². The summed E-state index contributed by atoms with van der Waals surface area (Å²) >= 11 is 0. The molecule has 1 amide bonds. The molecule has 2 heterocycles. The van der Waals surface area contributed by atoms with Gasteiger partial charge in [0.05, 0.1) is 11.6 Å². The minimum absolute atomic E-state index is 0.0937. The van der Waals surface area contributed by atoms with Gasteiger partial charge in [0.1, 0.15) is 5.82 Å². The number of aromatic amines is 1. The van der Waals surface area contributed by atoms with E-state index in [9.17, 15) is 4.79 Å². The molecule has 2 fully saturated rings. The van der Waals surface area contributed by atoms with Crippen LogP contribution in [0.2, 0.25) is 0 Å². The van der Waals surface area contributed by atoms with E-state index in [2.05, 4.69) is 41.4 Å². The van der Waals surface area contributed by atoms with Gasteiger partial charge in [-0.1, -0.05) is 38.0 Å². The Morgan fingerprint density at radius 1 is 1.09 bits per heavy atom. The number of rotatable bonds is 5. The number of piperidine rings is 1. The molecule has 1 saturated carbocycles. The van der Waals surface area contributed by atoms with E-state index in [-0.39, 0.29) is 5.91 Å². The second kappa shape index (κ2) is 10.0. The molecule has 180 valence electrons. The topological polar surface area (TPSA) is 85.7 Å². The number of carbonyl (C=O) groups excluding carboxylic acids is 1. The number of nitrogens with one attached hydrogen (secondary N) is 1. The number of benzene rings is 2. The Bertz CT molecular complexity index is 1240. The van der Waals surface area contributed by atoms with E-state index in [1.165, 1.54) is 36.8 Å². The monoisotopic (exact) mass is 467 g/mol. The van der Waals surface area contributed by atoms with Crippen LogP contribution in [0.1, 0.15) is 95.7 Å². The maximum atomic E-state index is 13.6. The molecular formula is C29H33N5O. The predicted octanol–water partition coefficient (Wildman–Crippen LogP) is 5.89. The molecule has 3 aromatic rings. The first-order chi connectivity index (χ1) is 17.1. The van der Waals surface area contributed by atoms with E-state index < -0.39 is 0 Å². The zero-order valence-electron chi connectivity index (χ0n) is 20.7. The third kappa shape index (κ3) is 4.73. The van der Waals surface area contributed by atoms with Gasteiger partial charge in [-0.3, -0.25) is 9.89 Å². The van der Waals surface area contributed by atoms with Crippen LogP contribution in [0, 0.1) is 18.3 Å². The van der Waals surface area contributed by atoms with Gasteiger partial charge in [0.25, 0.3) is 5.91 Å². The van der Waals surface area contributed by atoms with E-state index in [4.69, 9.17) is 10.2 Å². The van der Waals surface area contributed by atoms with Crippen LogP contribution in [0.15, 0.2) is 36.4 Å². The first kappa shape index (κ1) is 23.3. The van der Waals surface area contributed by atoms with E-state index in [1.807, 2.05) is 30.0 Å². The molecule has 5 rings (SSSR count). The van der Waals surface area contributed by atoms with Gasteiger partial charge in [0.2, 0.25) is 0 Å². The summed E-state index contributed by atoms with van der Waals surface area (Å²) in [5.41, 5.74) is 5.84. The lowest BCUT2D eigenvalue weighted by Gasteiger charge is -2.33. The Labute approximate surface area is 207 Å². The third-order valence-electron chi connectivity index (χ3n) is 7.84. The molecule has 0 unspecified atom stereocenters. The van der Waals surface area contributed by atoms with Crippen LogP contribution in [0.5, 0.6) is 0 Å². The fourth-order valence-corrected chi connectivity index (χ4v) is 5.69. The summed E-state index contributed by atoms with van der Waals surface area (Å²) in [6, 6.07) is 14.2. The molecule has 0 radical (unpaired) electrons. The fraction of sp³-hybridized carbons (Fsp3) is 0.448. The lowest BCUT2D eigenvalue weighted by Crippen LogP contribution is -2.38. The van der Waals surface area contributed by atoms with E-state index in [0.29, 0.717) is 23.2 Å². The Morgan fingerprint density at radius 3 is 2.46 bits per heavy atom. The predicted molar refractivity (Wildman–Crippen MR) is 136 cm³/mol. The van der Waals surface area contributed by atoms with Gasteiger partial charge in [0.15, 0.2) is 5.82 Å². The zero-order valence-corrected chi connectivity index (χ0v) is 20.7. The summed E-state index contributed by atoms with van der Waals surface area (Å²) in [5, 5.41) is 16.8. The van der Waals surface area contributed by atoms with E-state index >= 15 is 0 Å². The van der Waals surface area contributed by atoms with Crippen LogP contribution in [0.4, 0.5) is 0 Å². The molecule has 35 heavy (non-hydrogen) atoms. The van der Waals surface area contributed by atoms with Crippen molar-refractivity contribution in [1.29, 1.82) is 5.26 Å². The molecule has 1 aliphatic heterocycles. The van der Waals surface area contributed by atoms with Gasteiger partial charge in [-0.05, 0) is 79.8 Å². The molecule has 1 aliphatic carbocycles. The highest BCUT2D eigenvalue weighted by Gasteiger charge is 2.27. The van der Waals surface area contributed by atoms with Crippen molar-refractivity contribution in [3.05, 3.63) is 70.0 Å². The van der Waals surface area contributed by atoms with Gasteiger partial charge >= 0.3 is 0 Å². The number of nitrogens with zero attached hydrogens (tertiary/aromatic N) is 4. The van der Waals surface area contributed by atoms with Gasteiger partial charge in [-0.25, -0.2) is 4.98 Å². The summed E-state index contributed by atoms with van der Waals surface area (Å²) in [7, 11) is 0. The highest BCUT2D eigenvalue weighted by molar-refractivity contribution is 5.97. The second-order valence-corrected chi connectivity index (χ2v) is 10.0. The number of hydrogen-bond donors (Lipinski definition) is 1. The lowest BCUT2D eigenvalue weighted by molar-refractivity contribution is 0.0712. The summed E-state index contributed by atoms with van der Waals surface area (Å²) < 4.78 is 0. The summed E-state index contributed by atoms with van der Waals surface area (Å²) in [6.07, 6.45) is 7.59. The van der Waals surface area contributed by atoms with Crippen molar-refractivity contribution in [1.82, 2.24) is 20.1 Å². The first-order valence-electron chi connectivity index (χ1n) is 12.9. The van der Waals surface area contributed by atoms with Crippen LogP contribution in [0.25, 0.3) is 11.4 Å². The van der Waals surface area contributed by atoms with E-state index in [0.717, 1.165) is 54.9 Å². The highest BCUT2D eigenvalue weighted by Crippen LogP contribution is 2.34. The largest absolute Gasteiger partial charge is 0.339 e. The van der Waals surface area contributed by atoms with E-state index in [1.54, 1.807) is 0 Å². The minimum Gasteiger partial charge on any atom is -0.339 e. The summed E-state index contributed by atoms with van der Waals surface area (Å²) in [5.74, 6) is 2.69. The average Bonchev–Trinajstić information content (AvgIpc) is 3.61. The van der Waals surface area contributed by atoms with Crippen molar-refractivity contribution < 1.29 is 4.79 Å². The van der Waals surface area contributed by atoms with Gasteiger partial charge in [0, 0.05) is 30.1 Å². The molecule has 6 heteroatoms. The maximum Gasteiger partial charge on any atom is 0.254 e. The number of likely N-dealkylation sites (tertiary alicyclic amines) is 1. The Hall–Kier alpha value is -3.46. The SMILES string of the molecule is CCc1cc(C)c(C(=O)N2CCC(c3ccc(C#N)cc3)CC2)cc1-c1n[nH]c(C2CCCC2)n1. The van der Waals surface area contributed by atoms with Gasteiger partial charge in [-0.15, -0.1) is 0 Å². The van der Waals surface area contributed by atoms with Crippen LogP contribution < -0.4 is 0 Å². The highest BCUT2D eigenvalue weighted by atomic mass is 16.2. The Balaban J connectivity index is 1.34. The number of carbonyl (C=O) groups is 1. The Morgan fingerprint density at radius 2 is 1.80 bits per heavy atom. The quantitative estimate of drug-likeness (QED) is 0.507. The minimum atomic E-state index is 0.0937. The molecule has 1 aromatic heterocycles. The Kier molecular flexibility index (Phi) is 6.68. The first-order valence-corrected chi connectivity index (χ1v) is 12.9. The number of aromatic nitrogens is 3. The van der Waals surface area contributed by atoms with Crippen molar-refractivity contribution in [3.8, 4) is 17.5 Å². The third-order valence-corrected chi connectivity index (χ3v) is 7.84. The zero-order chi connectivity index (χ0) is 24.4. The fourth-order valence-electron chi connectivity index (χ4n) is 5.69. The molecule has 0 atom stereocenters. The number of aryl methyl sites for hydroxylation is 2. The van der Waals surface area contributed by atoms with Crippen LogP contribution in [0.3, 0.4) is 0 Å². The summed E-state index contributed by atoms with van der Waals surface area (Å²) in [4.78, 5) is 20.4. The van der Waals surface area contributed by atoms with Crippen molar-refractivity contribution in [2.75, 3.05) is 13.1 Å². The molecular weight excluding hydrogens is 434 g/mol. The van der Waals surface area contributed by atoms with Crippen molar-refractivity contribution >= 4 is 5.91 Å². The molecule has 0 bridgehead atoms. The number of nitriles is 1. The average molecular weight is 468 g/mol. The smallest absolute Gasteiger partial charge is 0.254 e. The molecule has 6 nitrogen and oxygen atoms in total. The molecule has 1 saturated heterocycles. The normalized spacial score (nSPS) is 17.0. The number of hydrogen-bond acceptors (Lipinski definition) is 4. The van der Waals surface area contributed by atoms with Crippen LogP contribution in [-0.2, 0) is 6.42 Å². The summed E-state index contributed by atoms with van der Waals surface area (Å²) in [6.45, 7) is 5.64. The van der Waals surface area contributed by atoms with Crippen LogP contribution >= 0.6 is 0 Å². The molecule has 1 N–H and O–H groups in total. The molecule has 2 aliphatic rings. The molecule has 2 aromatic carbocycles. The molecule has 0 spiro atoms.